The van der Waals surface area contributed by atoms with Gasteiger partial charge in [-0.2, -0.15) is 0 Å². The van der Waals surface area contributed by atoms with Crippen LogP contribution in [0.2, 0.25) is 0 Å². The zero-order chi connectivity index (χ0) is 19.3. The first kappa shape index (κ1) is 16.4. The first-order valence-electron chi connectivity index (χ1n) is 9.00. The molecule has 0 aliphatic heterocycles. The fourth-order valence-electron chi connectivity index (χ4n) is 3.63. The van der Waals surface area contributed by atoms with Gasteiger partial charge in [0.25, 0.3) is 0 Å². The highest BCUT2D eigenvalue weighted by Gasteiger charge is 2.19. The smallest absolute Gasteiger partial charge is 0.174 e. The van der Waals surface area contributed by atoms with Gasteiger partial charge in [0, 0.05) is 34.8 Å². The first-order chi connectivity index (χ1) is 13.6. The Morgan fingerprint density at radius 3 is 2.71 bits per heavy atom. The normalized spacial score (nSPS) is 11.4. The van der Waals surface area contributed by atoms with E-state index in [9.17, 15) is 0 Å². The van der Waals surface area contributed by atoms with Gasteiger partial charge < -0.3 is 10.3 Å². The van der Waals surface area contributed by atoms with E-state index in [2.05, 4.69) is 9.97 Å². The molecule has 0 unspecified atom stereocenters. The van der Waals surface area contributed by atoms with Crippen LogP contribution >= 0.6 is 0 Å². The molecule has 136 valence electrons. The average molecular weight is 368 g/mol. The maximum Gasteiger partial charge on any atom is 0.174 e. The number of nitrogens with zero attached hydrogens (tertiary/aromatic N) is 3. The molecule has 0 aliphatic rings. The number of halogens is 1. The number of nitrogen functional groups attached to an aromatic ring is 1. The summed E-state index contributed by atoms with van der Waals surface area (Å²) in [6, 6.07) is 19.0. The lowest BCUT2D eigenvalue weighted by Crippen LogP contribution is -2.03. The van der Waals surface area contributed by atoms with Crippen molar-refractivity contribution in [2.45, 2.75) is 6.92 Å². The summed E-state index contributed by atoms with van der Waals surface area (Å²) in [5.74, 6) is 0.0299. The van der Waals surface area contributed by atoms with Crippen molar-refractivity contribution in [1.82, 2.24) is 14.5 Å². The lowest BCUT2D eigenvalue weighted by atomic mass is 10.0. The van der Waals surface area contributed by atoms with E-state index < -0.39 is 0 Å². The van der Waals surface area contributed by atoms with Gasteiger partial charge in [0.1, 0.15) is 11.5 Å². The predicted molar refractivity (Wildman–Crippen MR) is 111 cm³/mol. The van der Waals surface area contributed by atoms with E-state index in [0.717, 1.165) is 32.9 Å². The average Bonchev–Trinajstić information content (AvgIpc) is 3.10. The lowest BCUT2D eigenvalue weighted by Gasteiger charge is -2.14. The van der Waals surface area contributed by atoms with E-state index in [1.807, 2.05) is 72.3 Å². The van der Waals surface area contributed by atoms with Crippen LogP contribution in [-0.4, -0.2) is 14.5 Å². The summed E-state index contributed by atoms with van der Waals surface area (Å²) in [5, 5.41) is 1.64. The number of nitrogens with two attached hydrogens (primary N) is 1. The Morgan fingerprint density at radius 2 is 1.86 bits per heavy atom. The number of aryl methyl sites for hydroxylation is 1. The molecular formula is C23H17FN4. The third-order valence-corrected chi connectivity index (χ3v) is 4.94. The van der Waals surface area contributed by atoms with Crippen LogP contribution in [0, 0.1) is 12.7 Å². The number of aromatic nitrogens is 3. The van der Waals surface area contributed by atoms with Gasteiger partial charge in [0.05, 0.1) is 16.7 Å². The minimum absolute atomic E-state index is 0.335. The fraction of sp³-hybridized carbons (Fsp3) is 0.0435. The van der Waals surface area contributed by atoms with Gasteiger partial charge in [0.2, 0.25) is 0 Å². The molecule has 0 radical (unpaired) electrons. The highest BCUT2D eigenvalue weighted by molar-refractivity contribution is 5.93. The second kappa shape index (κ2) is 6.16. The summed E-state index contributed by atoms with van der Waals surface area (Å²) in [6.45, 7) is 1.98. The summed E-state index contributed by atoms with van der Waals surface area (Å²) >= 11 is 0. The van der Waals surface area contributed by atoms with Crippen molar-refractivity contribution >= 4 is 27.6 Å². The van der Waals surface area contributed by atoms with Gasteiger partial charge in [-0.25, -0.2) is 14.4 Å². The third kappa shape index (κ3) is 2.52. The molecule has 3 heterocycles. The van der Waals surface area contributed by atoms with E-state index >= 15 is 4.39 Å². The van der Waals surface area contributed by atoms with Crippen LogP contribution in [-0.2, 0) is 0 Å². The maximum atomic E-state index is 15.9. The molecule has 3 aromatic heterocycles. The van der Waals surface area contributed by atoms with Crippen molar-refractivity contribution in [3.8, 4) is 16.9 Å². The molecule has 0 saturated heterocycles. The summed E-state index contributed by atoms with van der Waals surface area (Å²) < 4.78 is 17.7. The number of fused-ring (bicyclic) bond motifs is 2. The monoisotopic (exact) mass is 368 g/mol. The van der Waals surface area contributed by atoms with E-state index in [1.165, 1.54) is 0 Å². The van der Waals surface area contributed by atoms with Crippen molar-refractivity contribution in [3.05, 3.63) is 84.4 Å². The van der Waals surface area contributed by atoms with Gasteiger partial charge in [-0.1, -0.05) is 42.0 Å². The number of anilines is 1. The van der Waals surface area contributed by atoms with Crippen LogP contribution in [0.1, 0.15) is 5.56 Å². The number of pyridine rings is 2. The first-order valence-corrected chi connectivity index (χ1v) is 9.00. The van der Waals surface area contributed by atoms with E-state index in [-0.39, 0.29) is 5.82 Å². The molecule has 0 spiro atoms. The molecule has 0 fully saturated rings. The van der Waals surface area contributed by atoms with Crippen molar-refractivity contribution < 1.29 is 4.39 Å². The van der Waals surface area contributed by atoms with Crippen LogP contribution in [0.5, 0.6) is 0 Å². The zero-order valence-electron chi connectivity index (χ0n) is 15.2. The molecule has 0 amide bonds. The Hall–Kier alpha value is -3.73. The molecule has 0 saturated carbocycles. The van der Waals surface area contributed by atoms with Gasteiger partial charge in [0.15, 0.2) is 5.82 Å². The van der Waals surface area contributed by atoms with Crippen LogP contribution in [0.4, 0.5) is 10.2 Å². The lowest BCUT2D eigenvalue weighted by molar-refractivity contribution is 0.621. The molecule has 5 rings (SSSR count). The van der Waals surface area contributed by atoms with E-state index in [1.54, 1.807) is 12.3 Å². The standard InChI is InChI=1S/C23H17FN4/c1-14-5-4-6-15(11-14)22-21(24)23(17-7-2-3-8-18(17)27-22)28-10-9-16-13-26-20(25)12-19(16)28/h2-13H,1H3,(H2,25,26). The van der Waals surface area contributed by atoms with Crippen molar-refractivity contribution in [2.75, 3.05) is 5.73 Å². The fourth-order valence-corrected chi connectivity index (χ4v) is 3.63. The van der Waals surface area contributed by atoms with Gasteiger partial charge in [-0.15, -0.1) is 0 Å². The molecule has 2 N–H and O–H groups in total. The SMILES string of the molecule is Cc1cccc(-c2nc3ccccc3c(-n3ccc4cnc(N)cc43)c2F)c1. The number of para-hydroxylation sites is 1. The Balaban J connectivity index is 1.90. The summed E-state index contributed by atoms with van der Waals surface area (Å²) in [5.41, 5.74) is 10.0. The summed E-state index contributed by atoms with van der Waals surface area (Å²) in [4.78, 5) is 8.76. The van der Waals surface area contributed by atoms with Crippen LogP contribution in [0.25, 0.3) is 38.8 Å². The molecule has 2 aromatic carbocycles. The molecule has 5 aromatic rings. The zero-order valence-corrected chi connectivity index (χ0v) is 15.2. The number of rotatable bonds is 2. The van der Waals surface area contributed by atoms with E-state index in [0.29, 0.717) is 17.2 Å². The highest BCUT2D eigenvalue weighted by atomic mass is 19.1. The third-order valence-electron chi connectivity index (χ3n) is 4.94. The molecule has 5 heteroatoms. The predicted octanol–water partition coefficient (Wildman–Crippen LogP) is 5.27. The molecule has 0 bridgehead atoms. The van der Waals surface area contributed by atoms with Gasteiger partial charge in [-0.05, 0) is 25.1 Å². The number of benzene rings is 2. The minimum Gasteiger partial charge on any atom is -0.384 e. The van der Waals surface area contributed by atoms with Crippen molar-refractivity contribution in [2.24, 2.45) is 0 Å². The van der Waals surface area contributed by atoms with Crippen molar-refractivity contribution in [1.29, 1.82) is 0 Å². The number of hydrogen-bond acceptors (Lipinski definition) is 3. The van der Waals surface area contributed by atoms with Gasteiger partial charge in [-0.3, -0.25) is 0 Å². The Morgan fingerprint density at radius 1 is 1.00 bits per heavy atom. The summed E-state index contributed by atoms with van der Waals surface area (Å²) in [7, 11) is 0. The highest BCUT2D eigenvalue weighted by Crippen LogP contribution is 2.34. The summed E-state index contributed by atoms with van der Waals surface area (Å²) in [6.07, 6.45) is 3.54. The second-order valence-electron chi connectivity index (χ2n) is 6.86. The Bertz CT molecular complexity index is 1350. The van der Waals surface area contributed by atoms with Crippen LogP contribution in [0.15, 0.2) is 73.1 Å². The molecule has 0 atom stereocenters. The van der Waals surface area contributed by atoms with Crippen LogP contribution in [0.3, 0.4) is 0 Å². The van der Waals surface area contributed by atoms with E-state index in [4.69, 9.17) is 5.73 Å². The molecule has 0 aliphatic carbocycles. The maximum absolute atomic E-state index is 15.9. The second-order valence-corrected chi connectivity index (χ2v) is 6.86. The molecule has 4 nitrogen and oxygen atoms in total. The molecule has 28 heavy (non-hydrogen) atoms. The Labute approximate surface area is 161 Å². The Kier molecular flexibility index (Phi) is 3.62. The van der Waals surface area contributed by atoms with Crippen LogP contribution < -0.4 is 5.73 Å². The largest absolute Gasteiger partial charge is 0.384 e. The van der Waals surface area contributed by atoms with Gasteiger partial charge >= 0.3 is 0 Å². The number of hydrogen-bond donors (Lipinski definition) is 1. The quantitative estimate of drug-likeness (QED) is 0.462. The van der Waals surface area contributed by atoms with Crippen molar-refractivity contribution in [3.63, 3.8) is 0 Å². The molecular weight excluding hydrogens is 351 g/mol. The minimum atomic E-state index is -0.364. The topological polar surface area (TPSA) is 56.7 Å².